The van der Waals surface area contributed by atoms with Gasteiger partial charge in [-0.3, -0.25) is 0 Å². The number of aliphatic hydroxyl groups is 1. The molecular formula is C15H24O3. The molecule has 102 valence electrons. The quantitative estimate of drug-likeness (QED) is 0.674. The predicted molar refractivity (Wildman–Crippen MR) is 67.9 cm³/mol. The van der Waals surface area contributed by atoms with Crippen molar-refractivity contribution < 1.29 is 14.6 Å². The topological polar surface area (TPSA) is 46.5 Å². The Bertz CT molecular complexity index is 389. The van der Waals surface area contributed by atoms with Crippen LogP contribution in [0.1, 0.15) is 52.9 Å². The maximum absolute atomic E-state index is 11.8. The number of carbonyl (C=O) groups is 1. The highest BCUT2D eigenvalue weighted by atomic mass is 16.6. The molecule has 0 amide bonds. The average molecular weight is 252 g/mol. The van der Waals surface area contributed by atoms with Crippen molar-refractivity contribution in [1.29, 1.82) is 0 Å². The van der Waals surface area contributed by atoms with Crippen molar-refractivity contribution in [3.05, 3.63) is 0 Å². The minimum Gasteiger partial charge on any atom is -0.463 e. The van der Waals surface area contributed by atoms with E-state index in [0.29, 0.717) is 24.4 Å². The molecule has 3 heteroatoms. The van der Waals surface area contributed by atoms with Gasteiger partial charge in [0.25, 0.3) is 0 Å². The maximum atomic E-state index is 11.8. The molecule has 3 fully saturated rings. The minimum absolute atomic E-state index is 0.00387. The summed E-state index contributed by atoms with van der Waals surface area (Å²) in [7, 11) is 0. The van der Waals surface area contributed by atoms with Gasteiger partial charge in [-0.05, 0) is 42.4 Å². The highest BCUT2D eigenvalue weighted by Crippen LogP contribution is 2.63. The predicted octanol–water partition coefficient (Wildman–Crippen LogP) is 2.52. The van der Waals surface area contributed by atoms with Gasteiger partial charge in [-0.2, -0.15) is 0 Å². The fourth-order valence-electron chi connectivity index (χ4n) is 5.24. The summed E-state index contributed by atoms with van der Waals surface area (Å²) < 4.78 is 5.20. The van der Waals surface area contributed by atoms with Crippen LogP contribution in [0.3, 0.4) is 0 Å². The number of cyclic esters (lactones) is 1. The van der Waals surface area contributed by atoms with Gasteiger partial charge in [-0.1, -0.05) is 27.2 Å². The Hall–Kier alpha value is -0.570. The Labute approximate surface area is 109 Å². The van der Waals surface area contributed by atoms with Crippen LogP contribution in [0.15, 0.2) is 0 Å². The smallest absolute Gasteiger partial charge is 0.338 e. The molecule has 1 aliphatic heterocycles. The van der Waals surface area contributed by atoms with Crippen LogP contribution in [0.25, 0.3) is 0 Å². The summed E-state index contributed by atoms with van der Waals surface area (Å²) in [5.41, 5.74) is -0.820. The minimum atomic E-state index is -1.20. The molecule has 0 aromatic carbocycles. The van der Waals surface area contributed by atoms with Crippen LogP contribution in [0.4, 0.5) is 0 Å². The lowest BCUT2D eigenvalue weighted by Gasteiger charge is -2.58. The summed E-state index contributed by atoms with van der Waals surface area (Å²) >= 11 is 0. The fourth-order valence-corrected chi connectivity index (χ4v) is 5.24. The number of fused-ring (bicyclic) bond motifs is 3. The lowest BCUT2D eigenvalue weighted by molar-refractivity contribution is -0.174. The van der Waals surface area contributed by atoms with E-state index in [0.717, 1.165) is 12.8 Å². The average Bonchev–Trinajstić information content (AvgIpc) is 2.55. The van der Waals surface area contributed by atoms with Crippen molar-refractivity contribution in [2.45, 2.75) is 58.5 Å². The van der Waals surface area contributed by atoms with Crippen LogP contribution in [0, 0.1) is 22.7 Å². The van der Waals surface area contributed by atoms with Gasteiger partial charge in [-0.15, -0.1) is 0 Å². The van der Waals surface area contributed by atoms with Crippen LogP contribution in [-0.2, 0) is 9.53 Å². The van der Waals surface area contributed by atoms with Gasteiger partial charge in [0, 0.05) is 5.92 Å². The number of hydrogen-bond donors (Lipinski definition) is 1. The van der Waals surface area contributed by atoms with Gasteiger partial charge < -0.3 is 9.84 Å². The first-order valence-corrected chi connectivity index (χ1v) is 7.20. The van der Waals surface area contributed by atoms with E-state index in [-0.39, 0.29) is 17.3 Å². The Balaban J connectivity index is 2.01. The van der Waals surface area contributed by atoms with E-state index in [2.05, 4.69) is 20.8 Å². The van der Waals surface area contributed by atoms with Gasteiger partial charge in [0.05, 0.1) is 6.61 Å². The van der Waals surface area contributed by atoms with Gasteiger partial charge in [-0.25, -0.2) is 4.79 Å². The van der Waals surface area contributed by atoms with Crippen LogP contribution in [0.5, 0.6) is 0 Å². The lowest BCUT2D eigenvalue weighted by atomic mass is 9.46. The largest absolute Gasteiger partial charge is 0.463 e. The second-order valence-electron chi connectivity index (χ2n) is 7.51. The van der Waals surface area contributed by atoms with Crippen molar-refractivity contribution in [2.24, 2.45) is 22.7 Å². The maximum Gasteiger partial charge on any atom is 0.338 e. The van der Waals surface area contributed by atoms with Crippen molar-refractivity contribution >= 4 is 5.97 Å². The molecule has 0 bridgehead atoms. The van der Waals surface area contributed by atoms with E-state index in [1.165, 1.54) is 12.8 Å². The molecule has 1 N–H and O–H groups in total. The molecule has 2 aliphatic carbocycles. The fraction of sp³-hybridized carbons (Fsp3) is 0.933. The van der Waals surface area contributed by atoms with E-state index >= 15 is 0 Å². The third kappa shape index (κ3) is 1.37. The summed E-state index contributed by atoms with van der Waals surface area (Å²) in [6, 6.07) is 0. The third-order valence-electron chi connectivity index (χ3n) is 6.20. The standard InChI is InChI=1S/C15H24O3/c1-13(2)6-4-7-14(3)10(13)5-8-15(17)11(14)9-18-12(15)16/h10-11,17H,4-9H2,1-3H3/t10-,11-,14+,15-/m1/s1. The van der Waals surface area contributed by atoms with Gasteiger partial charge in [0.15, 0.2) is 5.60 Å². The van der Waals surface area contributed by atoms with Crippen LogP contribution in [0.2, 0.25) is 0 Å². The highest BCUT2D eigenvalue weighted by Gasteiger charge is 2.65. The SMILES string of the molecule is CC1(C)CCC[C@@]2(C)[C@@H]1CC[C@]1(O)C(=O)OC[C@H]21. The lowest BCUT2D eigenvalue weighted by Crippen LogP contribution is -2.59. The second kappa shape index (κ2) is 3.50. The van der Waals surface area contributed by atoms with Crippen LogP contribution >= 0.6 is 0 Å². The Morgan fingerprint density at radius 3 is 2.61 bits per heavy atom. The zero-order valence-corrected chi connectivity index (χ0v) is 11.7. The summed E-state index contributed by atoms with van der Waals surface area (Å²) in [6.45, 7) is 7.38. The van der Waals surface area contributed by atoms with Gasteiger partial charge in [0.1, 0.15) is 0 Å². The molecule has 3 aliphatic rings. The Morgan fingerprint density at radius 1 is 1.17 bits per heavy atom. The molecule has 18 heavy (non-hydrogen) atoms. The van der Waals surface area contributed by atoms with E-state index in [1.54, 1.807) is 0 Å². The first-order valence-electron chi connectivity index (χ1n) is 7.20. The summed E-state index contributed by atoms with van der Waals surface area (Å²) in [5.74, 6) is 0.213. The highest BCUT2D eigenvalue weighted by molar-refractivity contribution is 5.82. The van der Waals surface area contributed by atoms with E-state index < -0.39 is 5.60 Å². The zero-order valence-electron chi connectivity index (χ0n) is 11.7. The normalized spacial score (nSPS) is 50.3. The second-order valence-corrected chi connectivity index (χ2v) is 7.51. The van der Waals surface area contributed by atoms with Crippen molar-refractivity contribution in [3.63, 3.8) is 0 Å². The molecule has 0 spiro atoms. The Kier molecular flexibility index (Phi) is 2.42. The summed E-state index contributed by atoms with van der Waals surface area (Å²) in [5, 5.41) is 10.7. The molecule has 1 saturated heterocycles. The van der Waals surface area contributed by atoms with Crippen LogP contribution in [-0.4, -0.2) is 23.3 Å². The summed E-state index contributed by atoms with van der Waals surface area (Å²) in [4.78, 5) is 11.8. The number of hydrogen-bond acceptors (Lipinski definition) is 3. The number of esters is 1. The zero-order chi connectivity index (χ0) is 13.2. The Morgan fingerprint density at radius 2 is 1.89 bits per heavy atom. The number of carbonyl (C=O) groups excluding carboxylic acids is 1. The van der Waals surface area contributed by atoms with E-state index in [9.17, 15) is 9.90 Å². The number of ether oxygens (including phenoxy) is 1. The van der Waals surface area contributed by atoms with Gasteiger partial charge in [0.2, 0.25) is 0 Å². The molecule has 0 aromatic rings. The molecule has 3 rings (SSSR count). The molecule has 0 unspecified atom stereocenters. The van der Waals surface area contributed by atoms with Crippen molar-refractivity contribution in [2.75, 3.05) is 6.61 Å². The molecule has 0 radical (unpaired) electrons. The monoisotopic (exact) mass is 252 g/mol. The molecule has 4 atom stereocenters. The molecule has 2 saturated carbocycles. The molecule has 3 nitrogen and oxygen atoms in total. The van der Waals surface area contributed by atoms with Gasteiger partial charge >= 0.3 is 5.97 Å². The summed E-state index contributed by atoms with van der Waals surface area (Å²) in [6.07, 6.45) is 5.10. The van der Waals surface area contributed by atoms with Crippen LogP contribution < -0.4 is 0 Å². The first-order chi connectivity index (χ1) is 8.31. The third-order valence-corrected chi connectivity index (χ3v) is 6.20. The number of rotatable bonds is 0. The first kappa shape index (κ1) is 12.5. The van der Waals surface area contributed by atoms with Crippen molar-refractivity contribution in [1.82, 2.24) is 0 Å². The van der Waals surface area contributed by atoms with E-state index in [4.69, 9.17) is 4.74 Å². The molecule has 0 aromatic heterocycles. The van der Waals surface area contributed by atoms with E-state index in [1.807, 2.05) is 0 Å². The molecular weight excluding hydrogens is 228 g/mol. The van der Waals surface area contributed by atoms with Crippen molar-refractivity contribution in [3.8, 4) is 0 Å². The molecule has 1 heterocycles.